The van der Waals surface area contributed by atoms with Crippen molar-refractivity contribution in [2.24, 2.45) is 0 Å². The van der Waals surface area contributed by atoms with Crippen LogP contribution in [-0.2, 0) is 0 Å². The molecule has 0 aliphatic heterocycles. The van der Waals surface area contributed by atoms with E-state index in [2.05, 4.69) is 26.6 Å². The predicted molar refractivity (Wildman–Crippen MR) is 87.2 cm³/mol. The summed E-state index contributed by atoms with van der Waals surface area (Å²) in [7, 11) is 0. The minimum Gasteiger partial charge on any atom is -0.396 e. The normalized spacial score (nSPS) is 11.7. The fourth-order valence-electron chi connectivity index (χ4n) is 2.02. The lowest BCUT2D eigenvalue weighted by molar-refractivity contribution is 0.239. The standard InChI is InChI=1S/C16H17BrN2O2/c17-13-8-4-5-9-15(13)19-16(21)18-14(10-11-20)12-6-2-1-3-7-12/h1-9,14,20H,10-11H2,(H2,18,19,21)/t14-/m1/s1. The minimum atomic E-state index is -0.302. The number of amides is 2. The number of urea groups is 1. The third-order valence-corrected chi connectivity index (χ3v) is 3.74. The quantitative estimate of drug-likeness (QED) is 0.771. The molecule has 0 saturated heterocycles. The second kappa shape index (κ2) is 7.81. The van der Waals surface area contributed by atoms with Gasteiger partial charge >= 0.3 is 6.03 Å². The number of aliphatic hydroxyl groups is 1. The van der Waals surface area contributed by atoms with Crippen LogP contribution in [0.3, 0.4) is 0 Å². The van der Waals surface area contributed by atoms with Gasteiger partial charge in [0.25, 0.3) is 0 Å². The van der Waals surface area contributed by atoms with E-state index in [4.69, 9.17) is 5.11 Å². The summed E-state index contributed by atoms with van der Waals surface area (Å²) in [5.74, 6) is 0. The molecule has 2 rings (SSSR count). The van der Waals surface area contributed by atoms with Crippen molar-refractivity contribution in [3.8, 4) is 0 Å². The molecule has 3 N–H and O–H groups in total. The molecule has 0 unspecified atom stereocenters. The third kappa shape index (κ3) is 4.58. The number of para-hydroxylation sites is 1. The van der Waals surface area contributed by atoms with E-state index in [-0.39, 0.29) is 18.7 Å². The van der Waals surface area contributed by atoms with E-state index in [9.17, 15) is 4.79 Å². The van der Waals surface area contributed by atoms with Crippen molar-refractivity contribution in [3.63, 3.8) is 0 Å². The van der Waals surface area contributed by atoms with E-state index in [1.165, 1.54) is 0 Å². The van der Waals surface area contributed by atoms with Gasteiger partial charge in [-0.15, -0.1) is 0 Å². The lowest BCUT2D eigenvalue weighted by atomic mass is 10.0. The van der Waals surface area contributed by atoms with Crippen LogP contribution >= 0.6 is 15.9 Å². The van der Waals surface area contributed by atoms with Gasteiger partial charge in [-0.1, -0.05) is 42.5 Å². The van der Waals surface area contributed by atoms with Gasteiger partial charge < -0.3 is 15.7 Å². The monoisotopic (exact) mass is 348 g/mol. The van der Waals surface area contributed by atoms with Crippen LogP contribution in [0.2, 0.25) is 0 Å². The van der Waals surface area contributed by atoms with Crippen LogP contribution in [0.4, 0.5) is 10.5 Å². The molecule has 2 aromatic rings. The fourth-order valence-corrected chi connectivity index (χ4v) is 2.40. The molecule has 1 atom stereocenters. The molecule has 0 aromatic heterocycles. The number of hydrogen-bond donors (Lipinski definition) is 3. The van der Waals surface area contributed by atoms with E-state index in [0.717, 1.165) is 10.0 Å². The van der Waals surface area contributed by atoms with Gasteiger partial charge in [0.1, 0.15) is 0 Å². The largest absolute Gasteiger partial charge is 0.396 e. The van der Waals surface area contributed by atoms with Crippen molar-refractivity contribution < 1.29 is 9.90 Å². The maximum atomic E-state index is 12.1. The topological polar surface area (TPSA) is 61.4 Å². The molecule has 21 heavy (non-hydrogen) atoms. The van der Waals surface area contributed by atoms with Gasteiger partial charge in [-0.3, -0.25) is 0 Å². The molecule has 5 heteroatoms. The maximum Gasteiger partial charge on any atom is 0.319 e. The Labute approximate surface area is 132 Å². The molecule has 0 fully saturated rings. The number of carbonyl (C=O) groups excluding carboxylic acids is 1. The number of hydrogen-bond acceptors (Lipinski definition) is 2. The lowest BCUT2D eigenvalue weighted by Crippen LogP contribution is -2.33. The van der Waals surface area contributed by atoms with E-state index in [1.807, 2.05) is 54.6 Å². The number of aliphatic hydroxyl groups excluding tert-OH is 1. The highest BCUT2D eigenvalue weighted by molar-refractivity contribution is 9.10. The molecular weight excluding hydrogens is 332 g/mol. The van der Waals surface area contributed by atoms with Crippen LogP contribution in [0.15, 0.2) is 59.1 Å². The van der Waals surface area contributed by atoms with E-state index >= 15 is 0 Å². The average Bonchev–Trinajstić information content (AvgIpc) is 2.50. The number of benzene rings is 2. The molecule has 0 heterocycles. The summed E-state index contributed by atoms with van der Waals surface area (Å²) in [5.41, 5.74) is 1.67. The van der Waals surface area contributed by atoms with Crippen molar-refractivity contribution in [2.75, 3.05) is 11.9 Å². The van der Waals surface area contributed by atoms with E-state index in [1.54, 1.807) is 0 Å². The van der Waals surface area contributed by atoms with Gasteiger partial charge in [-0.05, 0) is 40.0 Å². The van der Waals surface area contributed by atoms with Crippen LogP contribution < -0.4 is 10.6 Å². The maximum absolute atomic E-state index is 12.1. The van der Waals surface area contributed by atoms with Crippen LogP contribution in [0, 0.1) is 0 Å². The summed E-state index contributed by atoms with van der Waals surface area (Å²) in [6, 6.07) is 16.5. The second-order valence-corrected chi connectivity index (χ2v) is 5.41. The average molecular weight is 349 g/mol. The van der Waals surface area contributed by atoms with Crippen molar-refractivity contribution >= 4 is 27.6 Å². The molecule has 0 spiro atoms. The van der Waals surface area contributed by atoms with Crippen LogP contribution in [0.25, 0.3) is 0 Å². The van der Waals surface area contributed by atoms with Gasteiger partial charge in [0.15, 0.2) is 0 Å². The summed E-state index contributed by atoms with van der Waals surface area (Å²) in [5, 5.41) is 14.8. The Balaban J connectivity index is 2.04. The van der Waals surface area contributed by atoms with Crippen LogP contribution in [-0.4, -0.2) is 17.7 Å². The van der Waals surface area contributed by atoms with Crippen LogP contribution in [0.5, 0.6) is 0 Å². The first-order chi connectivity index (χ1) is 10.2. The van der Waals surface area contributed by atoms with Crippen molar-refractivity contribution in [1.29, 1.82) is 0 Å². The molecule has 2 aromatic carbocycles. The highest BCUT2D eigenvalue weighted by atomic mass is 79.9. The highest BCUT2D eigenvalue weighted by Gasteiger charge is 2.14. The molecule has 0 aliphatic rings. The van der Waals surface area contributed by atoms with Gasteiger partial charge in [0, 0.05) is 11.1 Å². The zero-order valence-corrected chi connectivity index (χ0v) is 13.0. The number of anilines is 1. The van der Waals surface area contributed by atoms with Gasteiger partial charge in [0.2, 0.25) is 0 Å². The molecule has 0 radical (unpaired) electrons. The number of rotatable bonds is 5. The fraction of sp³-hybridized carbons (Fsp3) is 0.188. The number of halogens is 1. The smallest absolute Gasteiger partial charge is 0.319 e. The summed E-state index contributed by atoms with van der Waals surface area (Å²) in [6.45, 7) is 0.00880. The van der Waals surface area contributed by atoms with Crippen molar-refractivity contribution in [1.82, 2.24) is 5.32 Å². The Morgan fingerprint density at radius 3 is 2.43 bits per heavy atom. The van der Waals surface area contributed by atoms with Crippen molar-refractivity contribution in [3.05, 3.63) is 64.6 Å². The highest BCUT2D eigenvalue weighted by Crippen LogP contribution is 2.22. The minimum absolute atomic E-state index is 0.00880. The number of carbonyl (C=O) groups is 1. The Hall–Kier alpha value is -1.85. The number of nitrogens with one attached hydrogen (secondary N) is 2. The molecular formula is C16H17BrN2O2. The molecule has 0 aliphatic carbocycles. The second-order valence-electron chi connectivity index (χ2n) is 4.55. The Morgan fingerprint density at radius 2 is 1.76 bits per heavy atom. The zero-order chi connectivity index (χ0) is 15.1. The van der Waals surface area contributed by atoms with Crippen LogP contribution in [0.1, 0.15) is 18.0 Å². The van der Waals surface area contributed by atoms with E-state index < -0.39 is 0 Å². The zero-order valence-electron chi connectivity index (χ0n) is 11.4. The molecule has 110 valence electrons. The van der Waals surface area contributed by atoms with E-state index in [0.29, 0.717) is 12.1 Å². The Morgan fingerprint density at radius 1 is 1.10 bits per heavy atom. The summed E-state index contributed by atoms with van der Waals surface area (Å²) >= 11 is 3.38. The van der Waals surface area contributed by atoms with Crippen molar-refractivity contribution in [2.45, 2.75) is 12.5 Å². The first-order valence-electron chi connectivity index (χ1n) is 6.68. The molecule has 4 nitrogen and oxygen atoms in total. The third-order valence-electron chi connectivity index (χ3n) is 3.05. The summed E-state index contributed by atoms with van der Waals surface area (Å²) in [4.78, 5) is 12.1. The SMILES string of the molecule is O=C(Nc1ccccc1Br)N[C@H](CCO)c1ccccc1. The lowest BCUT2D eigenvalue weighted by Gasteiger charge is -2.19. The first-order valence-corrected chi connectivity index (χ1v) is 7.48. The Bertz CT molecular complexity index is 590. The first kappa shape index (κ1) is 15.5. The molecule has 0 bridgehead atoms. The van der Waals surface area contributed by atoms with Gasteiger partial charge in [-0.25, -0.2) is 4.79 Å². The molecule has 2 amide bonds. The van der Waals surface area contributed by atoms with Gasteiger partial charge in [0.05, 0.1) is 11.7 Å². The summed E-state index contributed by atoms with van der Waals surface area (Å²) in [6.07, 6.45) is 0.466. The summed E-state index contributed by atoms with van der Waals surface area (Å²) < 4.78 is 0.818. The Kier molecular flexibility index (Phi) is 5.78. The van der Waals surface area contributed by atoms with Gasteiger partial charge in [-0.2, -0.15) is 0 Å². The molecule has 0 saturated carbocycles. The predicted octanol–water partition coefficient (Wildman–Crippen LogP) is 3.69.